The second-order valence-corrected chi connectivity index (χ2v) is 4.84. The number of aromatic nitrogens is 2. The SMILES string of the molecule is ClC1CCCN(c2cccc3nccn23)C1. The van der Waals surface area contributed by atoms with E-state index < -0.39 is 0 Å². The summed E-state index contributed by atoms with van der Waals surface area (Å²) in [6, 6.07) is 6.20. The molecule has 3 rings (SSSR count). The predicted molar refractivity (Wildman–Crippen MR) is 66.3 cm³/mol. The average Bonchev–Trinajstić information content (AvgIpc) is 2.76. The van der Waals surface area contributed by atoms with E-state index in [2.05, 4.69) is 26.4 Å². The molecule has 0 saturated carbocycles. The van der Waals surface area contributed by atoms with E-state index in [4.69, 9.17) is 11.6 Å². The van der Waals surface area contributed by atoms with Gasteiger partial charge in [-0.05, 0) is 25.0 Å². The number of imidazole rings is 1. The van der Waals surface area contributed by atoms with Crippen LogP contribution in [0, 0.1) is 0 Å². The number of fused-ring (bicyclic) bond motifs is 1. The molecule has 1 saturated heterocycles. The zero-order chi connectivity index (χ0) is 11.0. The van der Waals surface area contributed by atoms with Crippen molar-refractivity contribution in [1.82, 2.24) is 9.38 Å². The van der Waals surface area contributed by atoms with Crippen LogP contribution in [-0.2, 0) is 0 Å². The molecule has 0 radical (unpaired) electrons. The standard InChI is InChI=1S/C12H14ClN3/c13-10-3-2-7-15(9-10)12-5-1-4-11-14-6-8-16(11)12/h1,4-6,8,10H,2-3,7,9H2. The second-order valence-electron chi connectivity index (χ2n) is 4.22. The average molecular weight is 236 g/mol. The normalized spacial score (nSPS) is 21.6. The highest BCUT2D eigenvalue weighted by Gasteiger charge is 2.19. The number of anilines is 1. The highest BCUT2D eigenvalue weighted by atomic mass is 35.5. The van der Waals surface area contributed by atoms with E-state index in [0.717, 1.165) is 25.2 Å². The molecule has 2 aromatic rings. The lowest BCUT2D eigenvalue weighted by atomic mass is 10.1. The summed E-state index contributed by atoms with van der Waals surface area (Å²) in [7, 11) is 0. The van der Waals surface area contributed by atoms with Gasteiger partial charge in [0.15, 0.2) is 0 Å². The maximum absolute atomic E-state index is 6.22. The van der Waals surface area contributed by atoms with Crippen LogP contribution in [0.15, 0.2) is 30.6 Å². The van der Waals surface area contributed by atoms with Crippen LogP contribution in [0.1, 0.15) is 12.8 Å². The van der Waals surface area contributed by atoms with Crippen molar-refractivity contribution >= 4 is 23.1 Å². The summed E-state index contributed by atoms with van der Waals surface area (Å²) < 4.78 is 2.12. The molecular formula is C12H14ClN3. The molecule has 1 aliphatic rings. The monoisotopic (exact) mass is 235 g/mol. The third-order valence-corrected chi connectivity index (χ3v) is 3.45. The van der Waals surface area contributed by atoms with E-state index >= 15 is 0 Å². The van der Waals surface area contributed by atoms with Crippen LogP contribution in [0.25, 0.3) is 5.65 Å². The van der Waals surface area contributed by atoms with E-state index in [1.165, 1.54) is 12.2 Å². The van der Waals surface area contributed by atoms with Crippen molar-refractivity contribution in [1.29, 1.82) is 0 Å². The Morgan fingerprint density at radius 2 is 2.31 bits per heavy atom. The minimum atomic E-state index is 0.271. The number of hydrogen-bond donors (Lipinski definition) is 0. The minimum Gasteiger partial charge on any atom is -0.356 e. The maximum Gasteiger partial charge on any atom is 0.138 e. The van der Waals surface area contributed by atoms with Gasteiger partial charge in [-0.1, -0.05) is 6.07 Å². The first-order valence-corrected chi connectivity index (χ1v) is 6.09. The van der Waals surface area contributed by atoms with Gasteiger partial charge in [0.2, 0.25) is 0 Å². The van der Waals surface area contributed by atoms with Crippen LogP contribution < -0.4 is 4.90 Å². The molecule has 0 N–H and O–H groups in total. The largest absolute Gasteiger partial charge is 0.356 e. The van der Waals surface area contributed by atoms with Crippen LogP contribution >= 0.6 is 11.6 Å². The first-order chi connectivity index (χ1) is 7.84. The van der Waals surface area contributed by atoms with Crippen molar-refractivity contribution in [2.24, 2.45) is 0 Å². The molecule has 0 aliphatic carbocycles. The Balaban J connectivity index is 2.01. The Hall–Kier alpha value is -1.22. The Morgan fingerprint density at radius 1 is 1.38 bits per heavy atom. The molecule has 2 aromatic heterocycles. The van der Waals surface area contributed by atoms with Gasteiger partial charge in [0.25, 0.3) is 0 Å². The molecule has 0 amide bonds. The van der Waals surface area contributed by atoms with Gasteiger partial charge >= 0.3 is 0 Å². The number of hydrogen-bond acceptors (Lipinski definition) is 2. The topological polar surface area (TPSA) is 20.5 Å². The number of pyridine rings is 1. The van der Waals surface area contributed by atoms with Gasteiger partial charge in [0, 0.05) is 25.5 Å². The van der Waals surface area contributed by atoms with Gasteiger partial charge in [0.1, 0.15) is 11.5 Å². The lowest BCUT2D eigenvalue weighted by Crippen LogP contribution is -2.36. The maximum atomic E-state index is 6.22. The summed E-state index contributed by atoms with van der Waals surface area (Å²) in [4.78, 5) is 6.64. The second kappa shape index (κ2) is 3.98. The first kappa shape index (κ1) is 9.97. The fourth-order valence-corrected chi connectivity index (χ4v) is 2.64. The van der Waals surface area contributed by atoms with Crippen LogP contribution in [0.4, 0.5) is 5.82 Å². The molecule has 0 aromatic carbocycles. The molecule has 0 bridgehead atoms. The van der Waals surface area contributed by atoms with Gasteiger partial charge in [-0.2, -0.15) is 0 Å². The Labute approximate surface area is 99.7 Å². The fraction of sp³-hybridized carbons (Fsp3) is 0.417. The zero-order valence-corrected chi connectivity index (χ0v) is 9.77. The fourth-order valence-electron chi connectivity index (χ4n) is 2.32. The Morgan fingerprint density at radius 3 is 3.19 bits per heavy atom. The van der Waals surface area contributed by atoms with Gasteiger partial charge in [-0.25, -0.2) is 4.98 Å². The van der Waals surface area contributed by atoms with Crippen LogP contribution in [-0.4, -0.2) is 27.9 Å². The molecule has 4 heteroatoms. The molecule has 3 heterocycles. The van der Waals surface area contributed by atoms with E-state index in [-0.39, 0.29) is 5.38 Å². The molecule has 3 nitrogen and oxygen atoms in total. The summed E-state index contributed by atoms with van der Waals surface area (Å²) in [6.07, 6.45) is 6.13. The van der Waals surface area contributed by atoms with E-state index in [9.17, 15) is 0 Å². The summed E-state index contributed by atoms with van der Waals surface area (Å²) >= 11 is 6.22. The quantitative estimate of drug-likeness (QED) is 0.709. The molecular weight excluding hydrogens is 222 g/mol. The van der Waals surface area contributed by atoms with Crippen LogP contribution in [0.3, 0.4) is 0 Å². The van der Waals surface area contributed by atoms with Crippen molar-refractivity contribution in [3.63, 3.8) is 0 Å². The molecule has 1 aliphatic heterocycles. The van der Waals surface area contributed by atoms with Gasteiger partial charge in [-0.3, -0.25) is 4.40 Å². The van der Waals surface area contributed by atoms with E-state index in [1.54, 1.807) is 0 Å². The van der Waals surface area contributed by atoms with Gasteiger partial charge < -0.3 is 4.90 Å². The third kappa shape index (κ3) is 1.65. The summed E-state index contributed by atoms with van der Waals surface area (Å²) in [5.41, 5.74) is 0.995. The molecule has 84 valence electrons. The highest BCUT2D eigenvalue weighted by Crippen LogP contribution is 2.23. The minimum absolute atomic E-state index is 0.271. The Kier molecular flexibility index (Phi) is 2.48. The van der Waals surface area contributed by atoms with Crippen molar-refractivity contribution in [2.75, 3.05) is 18.0 Å². The van der Waals surface area contributed by atoms with Crippen molar-refractivity contribution in [2.45, 2.75) is 18.2 Å². The van der Waals surface area contributed by atoms with Crippen LogP contribution in [0.5, 0.6) is 0 Å². The molecule has 1 fully saturated rings. The number of nitrogens with zero attached hydrogens (tertiary/aromatic N) is 3. The number of piperidine rings is 1. The van der Waals surface area contributed by atoms with Gasteiger partial charge in [0.05, 0.1) is 5.38 Å². The molecule has 1 unspecified atom stereocenters. The van der Waals surface area contributed by atoms with E-state index in [0.29, 0.717) is 0 Å². The summed E-state index contributed by atoms with van der Waals surface area (Å²) in [5.74, 6) is 1.19. The molecule has 1 atom stereocenters. The zero-order valence-electron chi connectivity index (χ0n) is 9.01. The third-order valence-electron chi connectivity index (χ3n) is 3.09. The lowest BCUT2D eigenvalue weighted by Gasteiger charge is -2.31. The lowest BCUT2D eigenvalue weighted by molar-refractivity contribution is 0.578. The molecule has 0 spiro atoms. The number of rotatable bonds is 1. The number of halogens is 1. The Bertz CT molecular complexity index is 494. The van der Waals surface area contributed by atoms with Crippen molar-refractivity contribution in [3.05, 3.63) is 30.6 Å². The van der Waals surface area contributed by atoms with Crippen molar-refractivity contribution < 1.29 is 0 Å². The smallest absolute Gasteiger partial charge is 0.138 e. The first-order valence-electron chi connectivity index (χ1n) is 5.66. The van der Waals surface area contributed by atoms with Crippen molar-refractivity contribution in [3.8, 4) is 0 Å². The summed E-state index contributed by atoms with van der Waals surface area (Å²) in [6.45, 7) is 2.01. The number of alkyl halides is 1. The predicted octanol–water partition coefficient (Wildman–Crippen LogP) is 2.54. The van der Waals surface area contributed by atoms with Gasteiger partial charge in [-0.15, -0.1) is 11.6 Å². The van der Waals surface area contributed by atoms with Crippen LogP contribution in [0.2, 0.25) is 0 Å². The highest BCUT2D eigenvalue weighted by molar-refractivity contribution is 6.21. The van der Waals surface area contributed by atoms with E-state index in [1.807, 2.05) is 18.5 Å². The molecule has 16 heavy (non-hydrogen) atoms. The summed E-state index contributed by atoms with van der Waals surface area (Å²) in [5, 5.41) is 0.271.